The predicted octanol–water partition coefficient (Wildman–Crippen LogP) is 2.72. The van der Waals surface area contributed by atoms with Crippen LogP contribution in [0.4, 0.5) is 0 Å². The third-order valence-corrected chi connectivity index (χ3v) is 4.38. The van der Waals surface area contributed by atoms with Gasteiger partial charge in [0.2, 0.25) is 0 Å². The highest BCUT2D eigenvalue weighted by Gasteiger charge is 2.19. The summed E-state index contributed by atoms with van der Waals surface area (Å²) in [5.74, 6) is 0.672. The molecule has 0 aliphatic rings. The Hall–Kier alpha value is -2.54. The lowest BCUT2D eigenvalue weighted by Gasteiger charge is -2.10. The third kappa shape index (κ3) is 5.49. The normalized spacial score (nSPS) is 11.0. The molecule has 2 aromatic rings. The van der Waals surface area contributed by atoms with Gasteiger partial charge in [0.15, 0.2) is 9.84 Å². The quantitative estimate of drug-likeness (QED) is 0.529. The molecule has 7 heteroatoms. The second-order valence-corrected chi connectivity index (χ2v) is 7.14. The first kappa shape index (κ1) is 18.8. The number of esters is 1. The summed E-state index contributed by atoms with van der Waals surface area (Å²) in [4.78, 5) is 12.0. The molecule has 0 saturated carbocycles. The van der Waals surface area contributed by atoms with Crippen LogP contribution < -0.4 is 9.47 Å². The van der Waals surface area contributed by atoms with Gasteiger partial charge in [-0.25, -0.2) is 13.2 Å². The topological polar surface area (TPSA) is 78.9 Å². The van der Waals surface area contributed by atoms with Crippen LogP contribution in [0.1, 0.15) is 17.3 Å². The van der Waals surface area contributed by atoms with Crippen LogP contribution in [-0.2, 0) is 14.6 Å². The molecule has 0 unspecified atom stereocenters. The molecule has 0 aromatic heterocycles. The zero-order valence-corrected chi connectivity index (χ0v) is 14.9. The van der Waals surface area contributed by atoms with Crippen molar-refractivity contribution in [3.05, 3.63) is 54.1 Å². The molecule has 0 fully saturated rings. The molecule has 25 heavy (non-hydrogen) atoms. The molecule has 6 nitrogen and oxygen atoms in total. The zero-order chi connectivity index (χ0) is 18.3. The van der Waals surface area contributed by atoms with E-state index in [1.54, 1.807) is 36.4 Å². The second kappa shape index (κ2) is 8.53. The summed E-state index contributed by atoms with van der Waals surface area (Å²) in [6, 6.07) is 13.0. The lowest BCUT2D eigenvalue weighted by atomic mass is 10.2. The first-order valence-electron chi connectivity index (χ1n) is 7.73. The monoisotopic (exact) mass is 364 g/mol. The standard InChI is InChI=1S/C18H20O6S/c1-3-22-14-8-10-15(11-9-14)23-12-13-24-18(19)16-6-4-5-7-17(16)25(2,20)21/h4-11H,3,12-13H2,1-2H3. The van der Waals surface area contributed by atoms with E-state index < -0.39 is 15.8 Å². The summed E-state index contributed by atoms with van der Waals surface area (Å²) in [5.41, 5.74) is 0.0195. The molecule has 0 spiro atoms. The van der Waals surface area contributed by atoms with E-state index >= 15 is 0 Å². The molecule has 0 aliphatic heterocycles. The third-order valence-electron chi connectivity index (χ3n) is 3.23. The summed E-state index contributed by atoms with van der Waals surface area (Å²) in [7, 11) is -3.50. The number of hydrogen-bond acceptors (Lipinski definition) is 6. The largest absolute Gasteiger partial charge is 0.494 e. The number of benzene rings is 2. The number of sulfone groups is 1. The van der Waals surface area contributed by atoms with Crippen LogP contribution in [-0.4, -0.2) is 40.5 Å². The summed E-state index contributed by atoms with van der Waals surface area (Å²) < 4.78 is 39.3. The van der Waals surface area contributed by atoms with Crippen molar-refractivity contribution in [2.75, 3.05) is 26.1 Å². The van der Waals surface area contributed by atoms with E-state index in [1.807, 2.05) is 6.92 Å². The van der Waals surface area contributed by atoms with E-state index in [0.717, 1.165) is 12.0 Å². The van der Waals surface area contributed by atoms with Gasteiger partial charge in [-0.2, -0.15) is 0 Å². The summed E-state index contributed by atoms with van der Waals surface area (Å²) in [6.07, 6.45) is 1.05. The van der Waals surface area contributed by atoms with Gasteiger partial charge in [-0.3, -0.25) is 0 Å². The fourth-order valence-electron chi connectivity index (χ4n) is 2.13. The number of carbonyl (C=O) groups is 1. The van der Waals surface area contributed by atoms with Crippen LogP contribution in [0.15, 0.2) is 53.4 Å². The summed E-state index contributed by atoms with van der Waals surface area (Å²) in [5, 5.41) is 0. The lowest BCUT2D eigenvalue weighted by molar-refractivity contribution is 0.0446. The van der Waals surface area contributed by atoms with Crippen molar-refractivity contribution in [2.45, 2.75) is 11.8 Å². The minimum Gasteiger partial charge on any atom is -0.494 e. The maximum Gasteiger partial charge on any atom is 0.339 e. The Morgan fingerprint density at radius 1 is 0.920 bits per heavy atom. The minimum atomic E-state index is -3.50. The van der Waals surface area contributed by atoms with E-state index in [4.69, 9.17) is 14.2 Å². The molecule has 0 saturated heterocycles. The van der Waals surface area contributed by atoms with Crippen molar-refractivity contribution in [2.24, 2.45) is 0 Å². The maximum atomic E-state index is 12.1. The highest BCUT2D eigenvalue weighted by molar-refractivity contribution is 7.90. The van der Waals surface area contributed by atoms with Gasteiger partial charge in [-0.1, -0.05) is 12.1 Å². The Morgan fingerprint density at radius 2 is 1.52 bits per heavy atom. The number of ether oxygens (including phenoxy) is 3. The SMILES string of the molecule is CCOc1ccc(OCCOC(=O)c2ccccc2S(C)(=O)=O)cc1. The molecule has 0 heterocycles. The van der Waals surface area contributed by atoms with Gasteiger partial charge in [0.05, 0.1) is 17.1 Å². The maximum absolute atomic E-state index is 12.1. The summed E-state index contributed by atoms with van der Waals surface area (Å²) in [6.45, 7) is 2.65. The molecule has 134 valence electrons. The average Bonchev–Trinajstić information content (AvgIpc) is 2.59. The van der Waals surface area contributed by atoms with E-state index in [1.165, 1.54) is 12.1 Å². The van der Waals surface area contributed by atoms with E-state index in [-0.39, 0.29) is 23.7 Å². The smallest absolute Gasteiger partial charge is 0.339 e. The van der Waals surface area contributed by atoms with Gasteiger partial charge < -0.3 is 14.2 Å². The first-order chi connectivity index (χ1) is 11.9. The molecule has 2 rings (SSSR count). The van der Waals surface area contributed by atoms with Gasteiger partial charge in [-0.15, -0.1) is 0 Å². The fraction of sp³-hybridized carbons (Fsp3) is 0.278. The van der Waals surface area contributed by atoms with Crippen LogP contribution in [0.3, 0.4) is 0 Å². The van der Waals surface area contributed by atoms with Crippen LogP contribution in [0.2, 0.25) is 0 Å². The van der Waals surface area contributed by atoms with Gasteiger partial charge >= 0.3 is 5.97 Å². The molecule has 0 radical (unpaired) electrons. The van der Waals surface area contributed by atoms with Crippen LogP contribution in [0, 0.1) is 0 Å². The Balaban J connectivity index is 1.87. The van der Waals surface area contributed by atoms with Crippen molar-refractivity contribution in [1.82, 2.24) is 0 Å². The zero-order valence-electron chi connectivity index (χ0n) is 14.1. The number of carbonyl (C=O) groups excluding carboxylic acids is 1. The van der Waals surface area contributed by atoms with E-state index in [2.05, 4.69) is 0 Å². The molecule has 0 N–H and O–H groups in total. The van der Waals surface area contributed by atoms with Gasteiger partial charge in [-0.05, 0) is 43.3 Å². The van der Waals surface area contributed by atoms with E-state index in [9.17, 15) is 13.2 Å². The predicted molar refractivity (Wildman–Crippen MR) is 92.9 cm³/mol. The fourth-order valence-corrected chi connectivity index (χ4v) is 3.01. The van der Waals surface area contributed by atoms with Crippen molar-refractivity contribution >= 4 is 15.8 Å². The molecule has 0 aliphatic carbocycles. The van der Waals surface area contributed by atoms with Crippen molar-refractivity contribution < 1.29 is 27.4 Å². The number of rotatable bonds is 8. The van der Waals surface area contributed by atoms with E-state index in [0.29, 0.717) is 12.4 Å². The Bertz CT molecular complexity index is 812. The van der Waals surface area contributed by atoms with Crippen LogP contribution in [0.25, 0.3) is 0 Å². The molecule has 0 amide bonds. The molecule has 0 atom stereocenters. The molecule has 2 aromatic carbocycles. The van der Waals surface area contributed by atoms with Gasteiger partial charge in [0.25, 0.3) is 0 Å². The number of hydrogen-bond donors (Lipinski definition) is 0. The van der Waals surface area contributed by atoms with Gasteiger partial charge in [0, 0.05) is 6.26 Å². The van der Waals surface area contributed by atoms with Crippen LogP contribution in [0.5, 0.6) is 11.5 Å². The molecular formula is C18H20O6S. The lowest BCUT2D eigenvalue weighted by Crippen LogP contribution is -2.15. The average molecular weight is 364 g/mol. The van der Waals surface area contributed by atoms with Crippen molar-refractivity contribution in [1.29, 1.82) is 0 Å². The highest BCUT2D eigenvalue weighted by Crippen LogP contribution is 2.18. The second-order valence-electron chi connectivity index (χ2n) is 5.16. The Labute approximate surface area is 147 Å². The van der Waals surface area contributed by atoms with Crippen LogP contribution >= 0.6 is 0 Å². The van der Waals surface area contributed by atoms with Crippen molar-refractivity contribution in [3.8, 4) is 11.5 Å². The first-order valence-corrected chi connectivity index (χ1v) is 9.63. The minimum absolute atomic E-state index is 0.00411. The van der Waals surface area contributed by atoms with Crippen molar-refractivity contribution in [3.63, 3.8) is 0 Å². The molecule has 0 bridgehead atoms. The summed E-state index contributed by atoms with van der Waals surface area (Å²) >= 11 is 0. The Kier molecular flexibility index (Phi) is 6.41. The highest BCUT2D eigenvalue weighted by atomic mass is 32.2. The van der Waals surface area contributed by atoms with Gasteiger partial charge in [0.1, 0.15) is 24.7 Å². The Morgan fingerprint density at radius 3 is 2.12 bits per heavy atom. The molecular weight excluding hydrogens is 344 g/mol.